The zero-order valence-electron chi connectivity index (χ0n) is 14.2. The first-order valence-electron chi connectivity index (χ1n) is 8.25. The summed E-state index contributed by atoms with van der Waals surface area (Å²) in [7, 11) is 0. The first-order valence-corrected chi connectivity index (χ1v) is 8.25. The number of benzene rings is 2. The molecule has 25 heavy (non-hydrogen) atoms. The van der Waals surface area contributed by atoms with E-state index in [-0.39, 0.29) is 12.7 Å². The quantitative estimate of drug-likeness (QED) is 0.793. The summed E-state index contributed by atoms with van der Waals surface area (Å²) < 4.78 is 12.7. The molecule has 6 nitrogen and oxygen atoms in total. The Bertz CT molecular complexity index is 946. The van der Waals surface area contributed by atoms with Crippen molar-refractivity contribution in [1.82, 2.24) is 14.9 Å². The number of carbonyl (C=O) groups excluding carboxylic acids is 1. The number of carbonyl (C=O) groups is 1. The minimum Gasteiger partial charge on any atom is -0.454 e. The van der Waals surface area contributed by atoms with Gasteiger partial charge in [-0.3, -0.25) is 4.79 Å². The van der Waals surface area contributed by atoms with Crippen LogP contribution in [0.4, 0.5) is 0 Å². The normalized spacial score (nSPS) is 12.8. The lowest BCUT2D eigenvalue weighted by Crippen LogP contribution is -2.22. The molecule has 0 saturated carbocycles. The molecule has 0 fully saturated rings. The molecule has 3 aromatic rings. The van der Waals surface area contributed by atoms with Crippen LogP contribution < -0.4 is 14.8 Å². The van der Waals surface area contributed by atoms with Crippen LogP contribution in [-0.2, 0) is 6.54 Å². The topological polar surface area (TPSA) is 65.4 Å². The van der Waals surface area contributed by atoms with Gasteiger partial charge in [-0.15, -0.1) is 0 Å². The van der Waals surface area contributed by atoms with Crippen LogP contribution in [0.5, 0.6) is 11.5 Å². The molecule has 1 amide bonds. The molecule has 2 heterocycles. The van der Waals surface area contributed by atoms with E-state index in [0.29, 0.717) is 23.9 Å². The van der Waals surface area contributed by atoms with Crippen molar-refractivity contribution >= 4 is 16.9 Å². The Morgan fingerprint density at radius 1 is 1.20 bits per heavy atom. The van der Waals surface area contributed by atoms with Crippen LogP contribution in [0.15, 0.2) is 42.7 Å². The van der Waals surface area contributed by atoms with E-state index < -0.39 is 0 Å². The first-order chi connectivity index (χ1) is 12.1. The zero-order valence-corrected chi connectivity index (χ0v) is 14.2. The van der Waals surface area contributed by atoms with Gasteiger partial charge in [-0.05, 0) is 49.7 Å². The average molecular weight is 337 g/mol. The number of hydrogen-bond acceptors (Lipinski definition) is 4. The Morgan fingerprint density at radius 2 is 2.04 bits per heavy atom. The standard InChI is InChI=1S/C19H19N3O3/c1-12(2)22-10-21-15-8-14(4-5-16(15)22)19(23)20-9-13-3-6-17-18(7-13)25-11-24-17/h3-8,10,12H,9,11H2,1-2H3,(H,20,23). The summed E-state index contributed by atoms with van der Waals surface area (Å²) in [5.41, 5.74) is 3.41. The number of amides is 1. The highest BCUT2D eigenvalue weighted by Gasteiger charge is 2.14. The van der Waals surface area contributed by atoms with Gasteiger partial charge in [-0.2, -0.15) is 0 Å². The largest absolute Gasteiger partial charge is 0.454 e. The molecule has 0 aliphatic carbocycles. The number of aromatic nitrogens is 2. The van der Waals surface area contributed by atoms with Gasteiger partial charge in [0, 0.05) is 18.2 Å². The van der Waals surface area contributed by atoms with Gasteiger partial charge in [0.05, 0.1) is 17.4 Å². The molecule has 0 saturated heterocycles. The molecule has 0 unspecified atom stereocenters. The minimum absolute atomic E-state index is 0.126. The molecular formula is C19H19N3O3. The highest BCUT2D eigenvalue weighted by molar-refractivity contribution is 5.97. The molecule has 1 N–H and O–H groups in total. The second-order valence-corrected chi connectivity index (χ2v) is 6.32. The molecule has 1 aromatic heterocycles. The van der Waals surface area contributed by atoms with Crippen LogP contribution >= 0.6 is 0 Å². The number of rotatable bonds is 4. The van der Waals surface area contributed by atoms with Crippen LogP contribution in [0, 0.1) is 0 Å². The molecule has 1 aliphatic rings. The van der Waals surface area contributed by atoms with Crippen LogP contribution in [0.1, 0.15) is 35.8 Å². The van der Waals surface area contributed by atoms with Crippen molar-refractivity contribution in [3.05, 3.63) is 53.9 Å². The first kappa shape index (κ1) is 15.5. The Labute approximate surface area is 145 Å². The molecule has 2 aromatic carbocycles. The lowest BCUT2D eigenvalue weighted by molar-refractivity contribution is 0.0951. The predicted octanol–water partition coefficient (Wildman–Crippen LogP) is 3.28. The average Bonchev–Trinajstić information content (AvgIpc) is 3.24. The Balaban J connectivity index is 1.48. The molecule has 0 bridgehead atoms. The molecule has 0 atom stereocenters. The fourth-order valence-corrected chi connectivity index (χ4v) is 2.92. The second-order valence-electron chi connectivity index (χ2n) is 6.32. The van der Waals surface area contributed by atoms with Crippen molar-refractivity contribution in [3.63, 3.8) is 0 Å². The van der Waals surface area contributed by atoms with Crippen LogP contribution in [-0.4, -0.2) is 22.3 Å². The molecular weight excluding hydrogens is 318 g/mol. The number of nitrogens with one attached hydrogen (secondary N) is 1. The lowest BCUT2D eigenvalue weighted by atomic mass is 10.1. The van der Waals surface area contributed by atoms with E-state index in [0.717, 1.165) is 22.3 Å². The lowest BCUT2D eigenvalue weighted by Gasteiger charge is -2.09. The van der Waals surface area contributed by atoms with E-state index in [1.54, 1.807) is 0 Å². The maximum Gasteiger partial charge on any atom is 0.251 e. The fourth-order valence-electron chi connectivity index (χ4n) is 2.92. The minimum atomic E-state index is -0.126. The maximum atomic E-state index is 12.4. The summed E-state index contributed by atoms with van der Waals surface area (Å²) >= 11 is 0. The van der Waals surface area contributed by atoms with Crippen molar-refractivity contribution in [1.29, 1.82) is 0 Å². The van der Waals surface area contributed by atoms with E-state index in [1.807, 2.05) is 42.7 Å². The summed E-state index contributed by atoms with van der Waals surface area (Å²) in [4.78, 5) is 16.8. The van der Waals surface area contributed by atoms with Crippen LogP contribution in [0.25, 0.3) is 11.0 Å². The number of fused-ring (bicyclic) bond motifs is 2. The molecule has 128 valence electrons. The highest BCUT2D eigenvalue weighted by Crippen LogP contribution is 2.32. The maximum absolute atomic E-state index is 12.4. The van der Waals surface area contributed by atoms with Gasteiger partial charge >= 0.3 is 0 Å². The Morgan fingerprint density at radius 3 is 2.88 bits per heavy atom. The van der Waals surface area contributed by atoms with E-state index in [9.17, 15) is 4.79 Å². The van der Waals surface area contributed by atoms with Gasteiger partial charge in [0.2, 0.25) is 6.79 Å². The van der Waals surface area contributed by atoms with Gasteiger partial charge in [0.25, 0.3) is 5.91 Å². The van der Waals surface area contributed by atoms with Crippen LogP contribution in [0.3, 0.4) is 0 Å². The van der Waals surface area contributed by atoms with E-state index in [2.05, 4.69) is 28.7 Å². The summed E-state index contributed by atoms with van der Waals surface area (Å²) in [6, 6.07) is 11.6. The fraction of sp³-hybridized carbons (Fsp3) is 0.263. The second kappa shape index (κ2) is 6.12. The van der Waals surface area contributed by atoms with Gasteiger partial charge in [-0.25, -0.2) is 4.98 Å². The van der Waals surface area contributed by atoms with Crippen molar-refractivity contribution in [2.75, 3.05) is 6.79 Å². The molecule has 4 rings (SSSR count). The van der Waals surface area contributed by atoms with Gasteiger partial charge in [-0.1, -0.05) is 6.07 Å². The SMILES string of the molecule is CC(C)n1cnc2cc(C(=O)NCc3ccc4c(c3)OCO4)ccc21. The third-order valence-corrected chi connectivity index (χ3v) is 4.28. The molecule has 6 heteroatoms. The van der Waals surface area contributed by atoms with Crippen molar-refractivity contribution < 1.29 is 14.3 Å². The van der Waals surface area contributed by atoms with Crippen molar-refractivity contribution in [2.24, 2.45) is 0 Å². The number of hydrogen-bond donors (Lipinski definition) is 1. The van der Waals surface area contributed by atoms with Gasteiger partial charge < -0.3 is 19.4 Å². The van der Waals surface area contributed by atoms with Crippen molar-refractivity contribution in [2.45, 2.75) is 26.4 Å². The van der Waals surface area contributed by atoms with Crippen LogP contribution in [0.2, 0.25) is 0 Å². The molecule has 1 aliphatic heterocycles. The van der Waals surface area contributed by atoms with Crippen molar-refractivity contribution in [3.8, 4) is 11.5 Å². The third kappa shape index (κ3) is 2.91. The summed E-state index contributed by atoms with van der Waals surface area (Å²) in [5, 5.41) is 2.93. The highest BCUT2D eigenvalue weighted by atomic mass is 16.7. The number of nitrogens with zero attached hydrogens (tertiary/aromatic N) is 2. The van der Waals surface area contributed by atoms with Gasteiger partial charge in [0.15, 0.2) is 11.5 Å². The van der Waals surface area contributed by atoms with E-state index in [4.69, 9.17) is 9.47 Å². The summed E-state index contributed by atoms with van der Waals surface area (Å²) in [6.07, 6.45) is 1.81. The smallest absolute Gasteiger partial charge is 0.251 e. The molecule has 0 spiro atoms. The summed E-state index contributed by atoms with van der Waals surface area (Å²) in [6.45, 7) is 4.88. The summed E-state index contributed by atoms with van der Waals surface area (Å²) in [5.74, 6) is 1.33. The van der Waals surface area contributed by atoms with E-state index >= 15 is 0 Å². The Hall–Kier alpha value is -3.02. The molecule has 0 radical (unpaired) electrons. The number of imidazole rings is 1. The number of ether oxygens (including phenoxy) is 2. The van der Waals surface area contributed by atoms with Gasteiger partial charge in [0.1, 0.15) is 0 Å². The predicted molar refractivity (Wildman–Crippen MR) is 93.9 cm³/mol. The van der Waals surface area contributed by atoms with E-state index in [1.165, 1.54) is 0 Å². The zero-order chi connectivity index (χ0) is 17.4. The third-order valence-electron chi connectivity index (χ3n) is 4.28. The monoisotopic (exact) mass is 337 g/mol. The Kier molecular flexibility index (Phi) is 3.80.